The molecule has 1 rings (SSSR count). The monoisotopic (exact) mass is 252 g/mol. The maximum atomic E-state index is 12.0. The molecule has 0 bridgehead atoms. The fraction of sp³-hybridized carbons (Fsp3) is 0.462. The number of benzene rings is 1. The first kappa shape index (κ1) is 14.3. The normalized spacial score (nSPS) is 11.9. The summed E-state index contributed by atoms with van der Waals surface area (Å²) in [7, 11) is 1.54. The first-order chi connectivity index (χ1) is 8.58. The molecule has 1 aromatic carbocycles. The molecule has 0 saturated carbocycles. The maximum Gasteiger partial charge on any atom is 0.253 e. The number of nitrogens with one attached hydrogen (secondary N) is 1. The Kier molecular flexibility index (Phi) is 5.45. The van der Waals surface area contributed by atoms with Crippen LogP contribution in [-0.4, -0.2) is 30.8 Å². The molecule has 1 amide bonds. The number of ether oxygens (including phenoxy) is 1. The summed E-state index contributed by atoms with van der Waals surface area (Å²) in [5, 5.41) is 11.6. The highest BCUT2D eigenvalue weighted by atomic mass is 16.5. The third-order valence-electron chi connectivity index (χ3n) is 2.68. The average Bonchev–Trinajstić information content (AvgIpc) is 2.36. The van der Waals surface area contributed by atoms with Crippen molar-refractivity contribution in [2.75, 3.05) is 19.5 Å². The van der Waals surface area contributed by atoms with Crippen LogP contribution in [0.25, 0.3) is 0 Å². The van der Waals surface area contributed by atoms with E-state index in [1.165, 1.54) is 7.11 Å². The van der Waals surface area contributed by atoms with Crippen LogP contribution in [0.4, 0.5) is 5.69 Å². The first-order valence-corrected chi connectivity index (χ1v) is 5.93. The topological polar surface area (TPSA) is 84.6 Å². The molecule has 100 valence electrons. The third kappa shape index (κ3) is 3.92. The van der Waals surface area contributed by atoms with Gasteiger partial charge in [-0.25, -0.2) is 0 Å². The summed E-state index contributed by atoms with van der Waals surface area (Å²) in [4.78, 5) is 12.0. The summed E-state index contributed by atoms with van der Waals surface area (Å²) in [6.45, 7) is 2.02. The number of aliphatic hydroxyl groups is 1. The summed E-state index contributed by atoms with van der Waals surface area (Å²) < 4.78 is 5.06. The van der Waals surface area contributed by atoms with Gasteiger partial charge in [-0.05, 0) is 38.0 Å². The van der Waals surface area contributed by atoms with Gasteiger partial charge in [0.1, 0.15) is 5.75 Å². The second-order valence-corrected chi connectivity index (χ2v) is 4.19. The molecule has 1 atom stereocenters. The lowest BCUT2D eigenvalue weighted by molar-refractivity contribution is 0.0937. The minimum atomic E-state index is -0.225. The van der Waals surface area contributed by atoms with Crippen molar-refractivity contribution in [3.8, 4) is 5.75 Å². The molecule has 5 nitrogen and oxygen atoms in total. The molecule has 0 aliphatic carbocycles. The predicted molar refractivity (Wildman–Crippen MR) is 70.7 cm³/mol. The van der Waals surface area contributed by atoms with Crippen LogP contribution in [0.15, 0.2) is 18.2 Å². The van der Waals surface area contributed by atoms with E-state index in [-0.39, 0.29) is 18.6 Å². The number of methoxy groups -OCH3 is 1. The fourth-order valence-corrected chi connectivity index (χ4v) is 1.63. The Hall–Kier alpha value is -1.75. The minimum absolute atomic E-state index is 0.00440. The molecule has 18 heavy (non-hydrogen) atoms. The lowest BCUT2D eigenvalue weighted by atomic mass is 10.1. The predicted octanol–water partition coefficient (Wildman–Crippen LogP) is 1.17. The highest BCUT2D eigenvalue weighted by molar-refractivity contribution is 5.99. The zero-order chi connectivity index (χ0) is 13.5. The number of amides is 1. The number of hydrogen-bond acceptors (Lipinski definition) is 4. The first-order valence-electron chi connectivity index (χ1n) is 5.93. The van der Waals surface area contributed by atoms with Crippen molar-refractivity contribution >= 4 is 11.6 Å². The van der Waals surface area contributed by atoms with Crippen LogP contribution in [0, 0.1) is 0 Å². The lowest BCUT2D eigenvalue weighted by Crippen LogP contribution is -2.33. The zero-order valence-electron chi connectivity index (χ0n) is 10.8. The number of nitrogen functional groups attached to an aromatic ring is 1. The van der Waals surface area contributed by atoms with Crippen molar-refractivity contribution in [3.05, 3.63) is 23.8 Å². The van der Waals surface area contributed by atoms with Crippen molar-refractivity contribution in [1.82, 2.24) is 5.32 Å². The minimum Gasteiger partial charge on any atom is -0.497 e. The smallest absolute Gasteiger partial charge is 0.253 e. The van der Waals surface area contributed by atoms with Gasteiger partial charge in [0.05, 0.1) is 12.7 Å². The molecule has 0 aliphatic heterocycles. The van der Waals surface area contributed by atoms with Crippen molar-refractivity contribution in [2.24, 2.45) is 0 Å². The number of carbonyl (C=O) groups excluding carboxylic acids is 1. The van der Waals surface area contributed by atoms with E-state index < -0.39 is 0 Å². The van der Waals surface area contributed by atoms with Gasteiger partial charge in [-0.2, -0.15) is 0 Å². The van der Waals surface area contributed by atoms with E-state index >= 15 is 0 Å². The quantitative estimate of drug-likeness (QED) is 0.663. The Bertz CT molecular complexity index is 407. The zero-order valence-corrected chi connectivity index (χ0v) is 10.8. The molecule has 1 unspecified atom stereocenters. The number of aliphatic hydroxyl groups excluding tert-OH is 1. The van der Waals surface area contributed by atoms with E-state index in [0.717, 1.165) is 6.42 Å². The van der Waals surface area contributed by atoms with Crippen LogP contribution in [0.1, 0.15) is 30.1 Å². The maximum absolute atomic E-state index is 12.0. The molecule has 5 heteroatoms. The van der Waals surface area contributed by atoms with Crippen LogP contribution in [0.3, 0.4) is 0 Å². The largest absolute Gasteiger partial charge is 0.497 e. The summed E-state index contributed by atoms with van der Waals surface area (Å²) in [5.41, 5.74) is 6.59. The molecular weight excluding hydrogens is 232 g/mol. The van der Waals surface area contributed by atoms with Gasteiger partial charge in [0, 0.05) is 18.3 Å². The lowest BCUT2D eigenvalue weighted by Gasteiger charge is -2.14. The standard InChI is InChI=1S/C13H20N2O3/c1-9(4-3-7-16)15-13(17)11-8-10(18-2)5-6-12(11)14/h5-6,8-9,16H,3-4,7,14H2,1-2H3,(H,15,17). The molecule has 1 aromatic rings. The van der Waals surface area contributed by atoms with E-state index in [0.29, 0.717) is 23.4 Å². The number of rotatable bonds is 6. The number of nitrogens with two attached hydrogens (primary N) is 1. The molecule has 0 radical (unpaired) electrons. The number of anilines is 1. The third-order valence-corrected chi connectivity index (χ3v) is 2.68. The number of carbonyl (C=O) groups is 1. The molecule has 0 fully saturated rings. The molecule has 0 spiro atoms. The second-order valence-electron chi connectivity index (χ2n) is 4.19. The Labute approximate surface area is 107 Å². The highest BCUT2D eigenvalue weighted by Crippen LogP contribution is 2.19. The van der Waals surface area contributed by atoms with Gasteiger partial charge in [-0.1, -0.05) is 0 Å². The highest BCUT2D eigenvalue weighted by Gasteiger charge is 2.13. The van der Waals surface area contributed by atoms with Crippen LogP contribution in [0.5, 0.6) is 5.75 Å². The van der Waals surface area contributed by atoms with Crippen molar-refractivity contribution in [2.45, 2.75) is 25.8 Å². The molecule has 0 heterocycles. The summed E-state index contributed by atoms with van der Waals surface area (Å²) in [5.74, 6) is 0.370. The van der Waals surface area contributed by atoms with Crippen LogP contribution in [0.2, 0.25) is 0 Å². The Balaban J connectivity index is 2.71. The average molecular weight is 252 g/mol. The Morgan fingerprint density at radius 1 is 1.56 bits per heavy atom. The summed E-state index contributed by atoms with van der Waals surface area (Å²) >= 11 is 0. The van der Waals surface area contributed by atoms with Gasteiger partial charge in [0.15, 0.2) is 0 Å². The Morgan fingerprint density at radius 3 is 2.89 bits per heavy atom. The SMILES string of the molecule is COc1ccc(N)c(C(=O)NC(C)CCCO)c1. The van der Waals surface area contributed by atoms with Crippen molar-refractivity contribution < 1.29 is 14.6 Å². The van der Waals surface area contributed by atoms with Gasteiger partial charge in [0.25, 0.3) is 5.91 Å². The summed E-state index contributed by atoms with van der Waals surface area (Å²) in [6, 6.07) is 4.96. The van der Waals surface area contributed by atoms with E-state index in [2.05, 4.69) is 5.32 Å². The molecule has 4 N–H and O–H groups in total. The van der Waals surface area contributed by atoms with E-state index in [1.54, 1.807) is 18.2 Å². The molecule has 0 aliphatic rings. The van der Waals surface area contributed by atoms with Crippen LogP contribution in [-0.2, 0) is 0 Å². The van der Waals surface area contributed by atoms with E-state index in [9.17, 15) is 4.79 Å². The van der Waals surface area contributed by atoms with Crippen molar-refractivity contribution in [1.29, 1.82) is 0 Å². The van der Waals surface area contributed by atoms with Gasteiger partial charge in [-0.15, -0.1) is 0 Å². The number of hydrogen-bond donors (Lipinski definition) is 3. The van der Waals surface area contributed by atoms with E-state index in [1.807, 2.05) is 6.92 Å². The van der Waals surface area contributed by atoms with Gasteiger partial charge < -0.3 is 20.9 Å². The van der Waals surface area contributed by atoms with Crippen LogP contribution >= 0.6 is 0 Å². The van der Waals surface area contributed by atoms with Gasteiger partial charge >= 0.3 is 0 Å². The van der Waals surface area contributed by atoms with Gasteiger partial charge in [-0.3, -0.25) is 4.79 Å². The second kappa shape index (κ2) is 6.86. The van der Waals surface area contributed by atoms with Crippen LogP contribution < -0.4 is 15.8 Å². The molecule has 0 aromatic heterocycles. The van der Waals surface area contributed by atoms with Crippen molar-refractivity contribution in [3.63, 3.8) is 0 Å². The Morgan fingerprint density at radius 2 is 2.28 bits per heavy atom. The summed E-state index contributed by atoms with van der Waals surface area (Å²) in [6.07, 6.45) is 1.39. The van der Waals surface area contributed by atoms with E-state index in [4.69, 9.17) is 15.6 Å². The molecule has 0 saturated heterocycles. The molecular formula is C13H20N2O3. The fourth-order valence-electron chi connectivity index (χ4n) is 1.63. The van der Waals surface area contributed by atoms with Gasteiger partial charge in [0.2, 0.25) is 0 Å².